The molecule has 27 heavy (non-hydrogen) atoms. The van der Waals surface area contributed by atoms with Crippen molar-refractivity contribution in [2.45, 2.75) is 6.92 Å². The molecule has 1 aromatic heterocycles. The van der Waals surface area contributed by atoms with E-state index in [1.165, 1.54) is 5.69 Å². The Morgan fingerprint density at radius 1 is 0.852 bits per heavy atom. The number of aromatic nitrogens is 2. The summed E-state index contributed by atoms with van der Waals surface area (Å²) < 4.78 is 0. The van der Waals surface area contributed by atoms with E-state index in [9.17, 15) is 0 Å². The smallest absolute Gasteiger partial charge is 0.136 e. The van der Waals surface area contributed by atoms with Crippen molar-refractivity contribution >= 4 is 34.6 Å². The molecule has 1 N–H and O–H groups in total. The number of nitrogens with one attached hydrogen (secondary N) is 1. The van der Waals surface area contributed by atoms with E-state index in [1.807, 2.05) is 37.3 Å². The van der Waals surface area contributed by atoms with Gasteiger partial charge in [-0.1, -0.05) is 41.9 Å². The maximum Gasteiger partial charge on any atom is 0.136 e. The van der Waals surface area contributed by atoms with Crippen molar-refractivity contribution in [1.82, 2.24) is 9.97 Å². The fourth-order valence-electron chi connectivity index (χ4n) is 3.31. The maximum atomic E-state index is 6.25. The average molecular weight is 380 g/mol. The van der Waals surface area contributed by atoms with Crippen molar-refractivity contribution in [1.29, 1.82) is 0 Å². The molecule has 3 aromatic rings. The number of aryl methyl sites for hydroxylation is 1. The Hall–Kier alpha value is -2.79. The number of benzene rings is 2. The molecule has 0 amide bonds. The summed E-state index contributed by atoms with van der Waals surface area (Å²) in [6.07, 6.45) is 0. The van der Waals surface area contributed by atoms with E-state index in [0.29, 0.717) is 5.02 Å². The summed E-state index contributed by atoms with van der Waals surface area (Å²) in [6, 6.07) is 20.2. The maximum absolute atomic E-state index is 6.25. The lowest BCUT2D eigenvalue weighted by Crippen LogP contribution is -2.46. The number of hydrogen-bond donors (Lipinski definition) is 1. The molecule has 0 spiro atoms. The van der Waals surface area contributed by atoms with E-state index in [0.717, 1.165) is 49.3 Å². The largest absolute Gasteiger partial charge is 0.368 e. The number of hydrogen-bond acceptors (Lipinski definition) is 5. The first-order valence-corrected chi connectivity index (χ1v) is 9.49. The molecule has 4 rings (SSSR count). The molecule has 138 valence electrons. The van der Waals surface area contributed by atoms with Crippen LogP contribution >= 0.6 is 11.6 Å². The van der Waals surface area contributed by atoms with Crippen LogP contribution in [0.5, 0.6) is 0 Å². The minimum Gasteiger partial charge on any atom is -0.368 e. The van der Waals surface area contributed by atoms with E-state index in [4.69, 9.17) is 11.6 Å². The van der Waals surface area contributed by atoms with Crippen LogP contribution in [-0.4, -0.2) is 36.1 Å². The SMILES string of the molecule is Cc1nc(Nc2ccccc2Cl)cc(N2CCN(c3ccccc3)CC2)n1. The molecule has 5 nitrogen and oxygen atoms in total. The minimum absolute atomic E-state index is 0.673. The summed E-state index contributed by atoms with van der Waals surface area (Å²) in [7, 11) is 0. The van der Waals surface area contributed by atoms with Crippen LogP contribution in [0.25, 0.3) is 0 Å². The molecule has 0 bridgehead atoms. The van der Waals surface area contributed by atoms with Crippen LogP contribution in [0.4, 0.5) is 23.0 Å². The first kappa shape index (κ1) is 17.6. The molecule has 0 radical (unpaired) electrons. The molecule has 0 aliphatic carbocycles. The van der Waals surface area contributed by atoms with Crippen LogP contribution in [-0.2, 0) is 0 Å². The number of piperazine rings is 1. The summed E-state index contributed by atoms with van der Waals surface area (Å²) in [6.45, 7) is 5.72. The van der Waals surface area contributed by atoms with Gasteiger partial charge in [-0.15, -0.1) is 0 Å². The highest BCUT2D eigenvalue weighted by atomic mass is 35.5. The Kier molecular flexibility index (Phi) is 5.12. The van der Waals surface area contributed by atoms with E-state index in [1.54, 1.807) is 0 Å². The highest BCUT2D eigenvalue weighted by Gasteiger charge is 2.19. The van der Waals surface area contributed by atoms with Gasteiger partial charge in [0.15, 0.2) is 0 Å². The van der Waals surface area contributed by atoms with Crippen molar-refractivity contribution in [2.24, 2.45) is 0 Å². The second-order valence-electron chi connectivity index (χ2n) is 6.57. The van der Waals surface area contributed by atoms with Gasteiger partial charge in [-0.2, -0.15) is 0 Å². The quantitative estimate of drug-likeness (QED) is 0.722. The second kappa shape index (κ2) is 7.84. The van der Waals surface area contributed by atoms with Gasteiger partial charge >= 0.3 is 0 Å². The Balaban J connectivity index is 1.48. The minimum atomic E-state index is 0.673. The van der Waals surface area contributed by atoms with Crippen LogP contribution < -0.4 is 15.1 Å². The van der Waals surface area contributed by atoms with Gasteiger partial charge in [0.1, 0.15) is 17.5 Å². The van der Waals surface area contributed by atoms with Gasteiger partial charge in [0.05, 0.1) is 10.7 Å². The molecule has 1 saturated heterocycles. The van der Waals surface area contributed by atoms with Crippen molar-refractivity contribution in [3.63, 3.8) is 0 Å². The van der Waals surface area contributed by atoms with Crippen LogP contribution in [0.3, 0.4) is 0 Å². The van der Waals surface area contributed by atoms with Gasteiger partial charge in [0.25, 0.3) is 0 Å². The highest BCUT2D eigenvalue weighted by Crippen LogP contribution is 2.26. The average Bonchev–Trinajstić information content (AvgIpc) is 2.70. The van der Waals surface area contributed by atoms with E-state index in [2.05, 4.69) is 55.4 Å². The Morgan fingerprint density at radius 2 is 1.52 bits per heavy atom. The third-order valence-corrected chi connectivity index (χ3v) is 5.02. The summed E-state index contributed by atoms with van der Waals surface area (Å²) in [4.78, 5) is 13.9. The highest BCUT2D eigenvalue weighted by molar-refractivity contribution is 6.33. The monoisotopic (exact) mass is 379 g/mol. The summed E-state index contributed by atoms with van der Waals surface area (Å²) in [5, 5.41) is 3.98. The van der Waals surface area contributed by atoms with Crippen molar-refractivity contribution in [3.8, 4) is 0 Å². The third-order valence-electron chi connectivity index (χ3n) is 4.69. The zero-order chi connectivity index (χ0) is 18.6. The number of anilines is 4. The summed E-state index contributed by atoms with van der Waals surface area (Å²) in [5.41, 5.74) is 2.12. The van der Waals surface area contributed by atoms with Crippen LogP contribution in [0.2, 0.25) is 5.02 Å². The molecule has 2 aromatic carbocycles. The van der Waals surface area contributed by atoms with Crippen molar-refractivity contribution < 1.29 is 0 Å². The molecule has 1 aliphatic rings. The molecule has 1 fully saturated rings. The molecule has 0 saturated carbocycles. The standard InChI is InChI=1S/C21H22ClN5/c1-16-23-20(25-19-10-6-5-9-18(19)22)15-21(24-16)27-13-11-26(12-14-27)17-7-3-2-4-8-17/h2-10,15H,11-14H2,1H3,(H,23,24,25). The topological polar surface area (TPSA) is 44.3 Å². The predicted molar refractivity (Wildman–Crippen MR) is 112 cm³/mol. The lowest BCUT2D eigenvalue weighted by molar-refractivity contribution is 0.646. The first-order valence-electron chi connectivity index (χ1n) is 9.11. The third kappa shape index (κ3) is 4.14. The van der Waals surface area contributed by atoms with Crippen LogP contribution in [0.15, 0.2) is 60.7 Å². The number of para-hydroxylation sites is 2. The second-order valence-corrected chi connectivity index (χ2v) is 6.98. The molecule has 0 unspecified atom stereocenters. The van der Waals surface area contributed by atoms with Gasteiger partial charge in [0, 0.05) is 37.9 Å². The molecule has 2 heterocycles. The molecule has 1 aliphatic heterocycles. The summed E-state index contributed by atoms with van der Waals surface area (Å²) in [5.74, 6) is 2.45. The van der Waals surface area contributed by atoms with Crippen molar-refractivity contribution in [3.05, 3.63) is 71.5 Å². The first-order chi connectivity index (χ1) is 13.2. The zero-order valence-electron chi connectivity index (χ0n) is 15.3. The van der Waals surface area contributed by atoms with Crippen LogP contribution in [0, 0.1) is 6.92 Å². The van der Waals surface area contributed by atoms with E-state index in [-0.39, 0.29) is 0 Å². The van der Waals surface area contributed by atoms with Gasteiger partial charge in [-0.25, -0.2) is 9.97 Å². The number of nitrogens with zero attached hydrogens (tertiary/aromatic N) is 4. The lowest BCUT2D eigenvalue weighted by Gasteiger charge is -2.36. The van der Waals surface area contributed by atoms with Gasteiger partial charge in [-0.05, 0) is 31.2 Å². The van der Waals surface area contributed by atoms with Crippen LogP contribution in [0.1, 0.15) is 5.82 Å². The Bertz CT molecular complexity index is 907. The fraction of sp³-hybridized carbons (Fsp3) is 0.238. The molecular weight excluding hydrogens is 358 g/mol. The normalized spacial score (nSPS) is 14.3. The van der Waals surface area contributed by atoms with Gasteiger partial charge < -0.3 is 15.1 Å². The van der Waals surface area contributed by atoms with E-state index >= 15 is 0 Å². The number of halogens is 1. The number of rotatable bonds is 4. The fourth-order valence-corrected chi connectivity index (χ4v) is 3.49. The van der Waals surface area contributed by atoms with Gasteiger partial charge in [0.2, 0.25) is 0 Å². The Labute approximate surface area is 164 Å². The predicted octanol–water partition coefficient (Wildman–Crippen LogP) is 4.51. The molecule has 6 heteroatoms. The zero-order valence-corrected chi connectivity index (χ0v) is 16.0. The van der Waals surface area contributed by atoms with Crippen molar-refractivity contribution in [2.75, 3.05) is 41.3 Å². The molecule has 0 atom stereocenters. The summed E-state index contributed by atoms with van der Waals surface area (Å²) >= 11 is 6.25. The lowest BCUT2D eigenvalue weighted by atomic mass is 10.2. The Morgan fingerprint density at radius 3 is 2.26 bits per heavy atom. The van der Waals surface area contributed by atoms with E-state index < -0.39 is 0 Å². The van der Waals surface area contributed by atoms with Gasteiger partial charge in [-0.3, -0.25) is 0 Å². The molecular formula is C21H22ClN5.